The van der Waals surface area contributed by atoms with Crippen LogP contribution >= 0.6 is 12.6 Å². The van der Waals surface area contributed by atoms with Gasteiger partial charge in [-0.3, -0.25) is 9.59 Å². The first kappa shape index (κ1) is 27.6. The molecule has 0 fully saturated rings. The van der Waals surface area contributed by atoms with Crippen molar-refractivity contribution in [3.63, 3.8) is 0 Å². The Labute approximate surface area is 169 Å². The molecule has 1 aliphatic rings. The van der Waals surface area contributed by atoms with E-state index in [1.807, 2.05) is 20.0 Å². The van der Waals surface area contributed by atoms with Crippen LogP contribution in [0.15, 0.2) is 34.6 Å². The van der Waals surface area contributed by atoms with Crippen molar-refractivity contribution in [1.82, 2.24) is 10.6 Å². The maximum Gasteiger partial charge on any atom is 0.157 e. The minimum atomic E-state index is 0.163. The first-order chi connectivity index (χ1) is 13.1. The fraction of sp³-hybridized carbons (Fsp3) is 0.600. The molecule has 27 heavy (non-hydrogen) atoms. The van der Waals surface area contributed by atoms with Crippen molar-refractivity contribution < 1.29 is 19.1 Å². The van der Waals surface area contributed by atoms with Crippen LogP contribution in [0.4, 0.5) is 0 Å². The molecule has 1 rings (SSSR count). The Hall–Kier alpha value is -1.57. The fourth-order valence-electron chi connectivity index (χ4n) is 2.01. The Morgan fingerprint density at radius 1 is 1.22 bits per heavy atom. The van der Waals surface area contributed by atoms with Crippen molar-refractivity contribution >= 4 is 25.2 Å². The van der Waals surface area contributed by atoms with Crippen molar-refractivity contribution in [1.29, 1.82) is 0 Å². The number of nitrogens with one attached hydrogen (secondary N) is 2. The lowest BCUT2D eigenvalue weighted by atomic mass is 9.94. The molecular weight excluding hydrogens is 364 g/mol. The second-order valence-corrected chi connectivity index (χ2v) is 6.05. The van der Waals surface area contributed by atoms with Crippen LogP contribution in [0.1, 0.15) is 39.0 Å². The summed E-state index contributed by atoms with van der Waals surface area (Å²) in [6.07, 6.45) is 12.0. The van der Waals surface area contributed by atoms with E-state index in [4.69, 9.17) is 4.74 Å². The highest BCUT2D eigenvalue weighted by Gasteiger charge is 2.13. The first-order valence-corrected chi connectivity index (χ1v) is 9.65. The summed E-state index contributed by atoms with van der Waals surface area (Å²) in [6.45, 7) is 3.91. The van der Waals surface area contributed by atoms with E-state index >= 15 is 0 Å². The predicted octanol–water partition coefficient (Wildman–Crippen LogP) is 3.02. The maximum absolute atomic E-state index is 10.8. The largest absolute Gasteiger partial charge is 0.494 e. The van der Waals surface area contributed by atoms with Crippen molar-refractivity contribution in [2.45, 2.75) is 39.0 Å². The number of hydrogen-bond donors (Lipinski definition) is 3. The lowest BCUT2D eigenvalue weighted by molar-refractivity contribution is -0.110. The van der Waals surface area contributed by atoms with E-state index in [2.05, 4.69) is 28.0 Å². The molecule has 0 aromatic heterocycles. The zero-order chi connectivity index (χ0) is 20.8. The smallest absolute Gasteiger partial charge is 0.157 e. The zero-order valence-electron chi connectivity index (χ0n) is 17.1. The molecule has 6 nitrogen and oxygen atoms in total. The number of likely N-dealkylation sites (N-methyl/N-ethyl adjacent to an activating group) is 1. The number of thiol groups is 1. The molecule has 0 saturated heterocycles. The average Bonchev–Trinajstić information content (AvgIpc) is 2.69. The van der Waals surface area contributed by atoms with E-state index < -0.39 is 0 Å². The molecule has 0 aliphatic heterocycles. The summed E-state index contributed by atoms with van der Waals surface area (Å²) < 4.78 is 9.39. The Kier molecular flexibility index (Phi) is 23.0. The van der Waals surface area contributed by atoms with Gasteiger partial charge in [0.1, 0.15) is 6.61 Å². The number of carbonyl (C=O) groups excluding carboxylic acids is 2. The van der Waals surface area contributed by atoms with Crippen LogP contribution in [-0.2, 0) is 19.1 Å². The van der Waals surface area contributed by atoms with Gasteiger partial charge in [-0.2, -0.15) is 0 Å². The highest BCUT2D eigenvalue weighted by atomic mass is 32.1. The van der Waals surface area contributed by atoms with Gasteiger partial charge in [-0.15, -0.1) is 12.6 Å². The van der Waals surface area contributed by atoms with E-state index in [1.54, 1.807) is 20.4 Å². The fourth-order valence-corrected chi connectivity index (χ4v) is 2.41. The highest BCUT2D eigenvalue weighted by molar-refractivity contribution is 7.84. The van der Waals surface area contributed by atoms with E-state index in [-0.39, 0.29) is 6.61 Å². The van der Waals surface area contributed by atoms with Crippen LogP contribution in [0, 0.1) is 0 Å². The van der Waals surface area contributed by atoms with Crippen molar-refractivity contribution in [3.8, 4) is 0 Å². The number of hydrogen-bond acceptors (Lipinski definition) is 7. The lowest BCUT2D eigenvalue weighted by Gasteiger charge is -2.16. The van der Waals surface area contributed by atoms with Gasteiger partial charge in [0, 0.05) is 32.5 Å². The number of carbonyl (C=O) groups is 2. The van der Waals surface area contributed by atoms with Gasteiger partial charge < -0.3 is 20.1 Å². The number of ether oxygens (including phenoxy) is 2. The minimum absolute atomic E-state index is 0.163. The molecule has 1 aliphatic carbocycles. The van der Waals surface area contributed by atoms with Gasteiger partial charge in [-0.05, 0) is 49.6 Å². The van der Waals surface area contributed by atoms with Crippen LogP contribution in [0.25, 0.3) is 0 Å². The van der Waals surface area contributed by atoms with Gasteiger partial charge in [0.2, 0.25) is 0 Å². The average molecular weight is 401 g/mol. The molecule has 0 atom stereocenters. The predicted molar refractivity (Wildman–Crippen MR) is 115 cm³/mol. The van der Waals surface area contributed by atoms with Crippen molar-refractivity contribution in [2.75, 3.05) is 41.0 Å². The summed E-state index contributed by atoms with van der Waals surface area (Å²) in [4.78, 5) is 21.4. The molecule has 0 spiro atoms. The standard InChI is InChI=1S/C10H15NOS.C6H10O2.C4H11NO/c1-11-6-8(7-12)9-4-2-3-5-10(9)13;1-2-3-5-8-6-4-7;1-5-3-4-6-2/h6-7,11,13H,2-5H2,1H3;3-5H,2,6H2,1H3;5H,3-4H2,1-2H3/b8-6+;5-3-;. The summed E-state index contributed by atoms with van der Waals surface area (Å²) in [5.41, 5.74) is 1.85. The van der Waals surface area contributed by atoms with Crippen molar-refractivity contribution in [2.24, 2.45) is 0 Å². The third kappa shape index (κ3) is 17.6. The van der Waals surface area contributed by atoms with Crippen LogP contribution in [-0.4, -0.2) is 53.5 Å². The Morgan fingerprint density at radius 3 is 2.37 bits per heavy atom. The zero-order valence-corrected chi connectivity index (χ0v) is 18.0. The molecule has 0 saturated carbocycles. The van der Waals surface area contributed by atoms with Gasteiger partial charge in [-0.1, -0.05) is 13.0 Å². The summed E-state index contributed by atoms with van der Waals surface area (Å²) in [7, 11) is 5.39. The molecule has 7 heteroatoms. The first-order valence-electron chi connectivity index (χ1n) is 9.20. The normalized spacial score (nSPS) is 13.9. The van der Waals surface area contributed by atoms with Crippen LogP contribution in [0.2, 0.25) is 0 Å². The van der Waals surface area contributed by atoms with Gasteiger partial charge in [-0.25, -0.2) is 0 Å². The lowest BCUT2D eigenvalue weighted by Crippen LogP contribution is -2.12. The monoisotopic (exact) mass is 400 g/mol. The number of methoxy groups -OCH3 is 1. The second-order valence-electron chi connectivity index (χ2n) is 5.51. The van der Waals surface area contributed by atoms with E-state index in [0.29, 0.717) is 0 Å². The molecule has 0 bridgehead atoms. The maximum atomic E-state index is 10.8. The molecule has 0 radical (unpaired) electrons. The number of aldehydes is 2. The molecule has 0 aromatic carbocycles. The third-order valence-electron chi connectivity index (χ3n) is 3.36. The molecular formula is C20H36N2O4S. The van der Waals surface area contributed by atoms with Crippen LogP contribution in [0.5, 0.6) is 0 Å². The molecule has 0 unspecified atom stereocenters. The summed E-state index contributed by atoms with van der Waals surface area (Å²) in [5, 5.41) is 5.82. The Bertz CT molecular complexity index is 459. The van der Waals surface area contributed by atoms with Gasteiger partial charge >= 0.3 is 0 Å². The minimum Gasteiger partial charge on any atom is -0.494 e. The molecule has 0 aromatic rings. The molecule has 0 heterocycles. The Morgan fingerprint density at radius 2 is 1.93 bits per heavy atom. The summed E-state index contributed by atoms with van der Waals surface area (Å²) in [6, 6.07) is 0. The summed E-state index contributed by atoms with van der Waals surface area (Å²) >= 11 is 4.39. The second kappa shape index (κ2) is 22.5. The molecule has 156 valence electrons. The van der Waals surface area contributed by atoms with Crippen LogP contribution < -0.4 is 10.6 Å². The van der Waals surface area contributed by atoms with E-state index in [9.17, 15) is 9.59 Å². The van der Waals surface area contributed by atoms with Gasteiger partial charge in [0.05, 0.1) is 12.9 Å². The highest BCUT2D eigenvalue weighted by Crippen LogP contribution is 2.30. The van der Waals surface area contributed by atoms with Gasteiger partial charge in [0.15, 0.2) is 12.6 Å². The topological polar surface area (TPSA) is 76.7 Å². The number of allylic oxidation sites excluding steroid dienone is 4. The Balaban J connectivity index is 0. The molecule has 2 N–H and O–H groups in total. The SMILES string of the molecule is CC/C=C\OCC=O.CN/C=C(\C=O)C1=C(S)CCCC1.CNCCOC. The van der Waals surface area contributed by atoms with E-state index in [1.165, 1.54) is 12.7 Å². The van der Waals surface area contributed by atoms with Crippen LogP contribution in [0.3, 0.4) is 0 Å². The molecule has 0 amide bonds. The third-order valence-corrected chi connectivity index (χ3v) is 3.86. The van der Waals surface area contributed by atoms with Crippen molar-refractivity contribution in [3.05, 3.63) is 34.6 Å². The van der Waals surface area contributed by atoms with E-state index in [0.717, 1.165) is 67.5 Å². The quantitative estimate of drug-likeness (QED) is 0.172. The van der Waals surface area contributed by atoms with Gasteiger partial charge in [0.25, 0.3) is 0 Å². The number of rotatable bonds is 10. The summed E-state index contributed by atoms with van der Waals surface area (Å²) in [5.74, 6) is 0.